The third-order valence-electron chi connectivity index (χ3n) is 3.73. The molecule has 0 saturated carbocycles. The summed E-state index contributed by atoms with van der Waals surface area (Å²) in [5.74, 6) is 0.398. The van der Waals surface area contributed by atoms with Gasteiger partial charge in [-0.25, -0.2) is 9.97 Å². The van der Waals surface area contributed by atoms with Gasteiger partial charge >= 0.3 is 5.69 Å². The normalized spacial score (nSPS) is 10.4. The van der Waals surface area contributed by atoms with Crippen molar-refractivity contribution in [2.45, 2.75) is 6.92 Å². The highest BCUT2D eigenvalue weighted by molar-refractivity contribution is 9.10. The lowest BCUT2D eigenvalue weighted by Gasteiger charge is -2.22. The molecule has 3 rings (SSSR count). The molecule has 0 aliphatic carbocycles. The third-order valence-corrected chi connectivity index (χ3v) is 4.26. The largest absolute Gasteiger partial charge is 0.354 e. The summed E-state index contributed by atoms with van der Waals surface area (Å²) in [5, 5.41) is 14.8. The minimum absolute atomic E-state index is 0.150. The maximum atomic E-state index is 11.8. The van der Waals surface area contributed by atoms with Crippen molar-refractivity contribution in [2.24, 2.45) is 0 Å². The molecule has 1 aromatic heterocycles. The molecule has 3 aromatic rings. The van der Waals surface area contributed by atoms with Gasteiger partial charge in [0.25, 0.3) is 0 Å². The summed E-state index contributed by atoms with van der Waals surface area (Å²) in [6.45, 7) is 2.44. The monoisotopic (exact) mass is 413 g/mol. The molecule has 0 aliphatic rings. The number of aromatic nitrogens is 2. The zero-order valence-corrected chi connectivity index (χ0v) is 15.5. The highest BCUT2D eigenvalue weighted by atomic mass is 79.9. The molecule has 0 atom stereocenters. The number of hydrogen-bond acceptors (Lipinski definition) is 6. The van der Waals surface area contributed by atoms with Crippen molar-refractivity contribution in [2.75, 3.05) is 16.8 Å². The fourth-order valence-corrected chi connectivity index (χ4v) is 2.82. The lowest BCUT2D eigenvalue weighted by Crippen LogP contribution is -2.19. The maximum absolute atomic E-state index is 11.8. The van der Waals surface area contributed by atoms with Crippen molar-refractivity contribution in [1.29, 1.82) is 0 Å². The summed E-state index contributed by atoms with van der Waals surface area (Å²) in [4.78, 5) is 21.4. The number of nitrogens with zero attached hydrogens (tertiary/aromatic N) is 4. The first-order valence-electron chi connectivity index (χ1n) is 7.94. The Kier molecular flexibility index (Phi) is 5.43. The van der Waals surface area contributed by atoms with Gasteiger partial charge in [0.2, 0.25) is 11.6 Å². The molecule has 0 aliphatic heterocycles. The van der Waals surface area contributed by atoms with E-state index in [0.29, 0.717) is 12.2 Å². The Morgan fingerprint density at radius 2 is 1.81 bits per heavy atom. The Morgan fingerprint density at radius 1 is 1.12 bits per heavy atom. The van der Waals surface area contributed by atoms with E-state index in [1.54, 1.807) is 4.90 Å². The van der Waals surface area contributed by atoms with Crippen LogP contribution in [0.15, 0.2) is 65.4 Å². The van der Waals surface area contributed by atoms with Crippen LogP contribution in [0.5, 0.6) is 0 Å². The minimum atomic E-state index is -0.456. The molecule has 0 spiro atoms. The van der Waals surface area contributed by atoms with E-state index < -0.39 is 4.92 Å². The van der Waals surface area contributed by atoms with E-state index in [1.165, 1.54) is 6.33 Å². The van der Waals surface area contributed by atoms with Gasteiger partial charge < -0.3 is 10.2 Å². The van der Waals surface area contributed by atoms with Gasteiger partial charge in [0.1, 0.15) is 6.33 Å². The summed E-state index contributed by atoms with van der Waals surface area (Å²) >= 11 is 3.37. The second-order valence-electron chi connectivity index (χ2n) is 5.36. The number of nitrogens with one attached hydrogen (secondary N) is 1. The summed E-state index contributed by atoms with van der Waals surface area (Å²) < 4.78 is 0.919. The second-order valence-corrected chi connectivity index (χ2v) is 6.28. The van der Waals surface area contributed by atoms with Gasteiger partial charge in [-0.15, -0.1) is 0 Å². The number of nitro groups is 1. The van der Waals surface area contributed by atoms with Crippen molar-refractivity contribution in [3.63, 3.8) is 0 Å². The van der Waals surface area contributed by atoms with Gasteiger partial charge in [-0.1, -0.05) is 34.1 Å². The van der Waals surface area contributed by atoms with Gasteiger partial charge in [-0.2, -0.15) is 0 Å². The fourth-order valence-electron chi connectivity index (χ4n) is 2.56. The van der Waals surface area contributed by atoms with Crippen LogP contribution in [-0.2, 0) is 0 Å². The van der Waals surface area contributed by atoms with Crippen molar-refractivity contribution in [3.05, 3.63) is 75.5 Å². The van der Waals surface area contributed by atoms with Crippen LogP contribution in [0.4, 0.5) is 28.7 Å². The lowest BCUT2D eigenvalue weighted by molar-refractivity contribution is -0.383. The number of anilines is 4. The third kappa shape index (κ3) is 3.80. The molecule has 26 heavy (non-hydrogen) atoms. The molecule has 7 nitrogen and oxygen atoms in total. The van der Waals surface area contributed by atoms with Gasteiger partial charge in [0, 0.05) is 22.4 Å². The van der Waals surface area contributed by atoms with E-state index in [9.17, 15) is 10.1 Å². The van der Waals surface area contributed by atoms with Crippen LogP contribution in [0.3, 0.4) is 0 Å². The topological polar surface area (TPSA) is 84.2 Å². The van der Waals surface area contributed by atoms with Crippen LogP contribution in [-0.4, -0.2) is 21.4 Å². The zero-order chi connectivity index (χ0) is 18.5. The number of rotatable bonds is 6. The van der Waals surface area contributed by atoms with Crippen LogP contribution in [0.2, 0.25) is 0 Å². The predicted molar refractivity (Wildman–Crippen MR) is 105 cm³/mol. The lowest BCUT2D eigenvalue weighted by atomic mass is 10.2. The molecule has 0 unspecified atom stereocenters. The van der Waals surface area contributed by atoms with Crippen molar-refractivity contribution < 1.29 is 4.92 Å². The molecular weight excluding hydrogens is 398 g/mol. The molecule has 0 radical (unpaired) electrons. The van der Waals surface area contributed by atoms with Crippen molar-refractivity contribution >= 4 is 44.6 Å². The van der Waals surface area contributed by atoms with Crippen molar-refractivity contribution in [1.82, 2.24) is 9.97 Å². The number of benzene rings is 2. The minimum Gasteiger partial charge on any atom is -0.334 e. The van der Waals surface area contributed by atoms with E-state index >= 15 is 0 Å². The van der Waals surface area contributed by atoms with Crippen LogP contribution in [0, 0.1) is 10.1 Å². The van der Waals surface area contributed by atoms with Crippen molar-refractivity contribution in [3.8, 4) is 0 Å². The Bertz CT molecular complexity index is 903. The Hall–Kier alpha value is -3.00. The van der Waals surface area contributed by atoms with E-state index in [4.69, 9.17) is 0 Å². The van der Waals surface area contributed by atoms with E-state index in [-0.39, 0.29) is 17.3 Å². The first-order chi connectivity index (χ1) is 12.6. The number of halogens is 1. The number of para-hydroxylation sites is 1. The van der Waals surface area contributed by atoms with Crippen LogP contribution < -0.4 is 10.2 Å². The molecule has 0 bridgehead atoms. The Labute approximate surface area is 159 Å². The van der Waals surface area contributed by atoms with Gasteiger partial charge in [0.15, 0.2) is 0 Å². The summed E-state index contributed by atoms with van der Waals surface area (Å²) in [6, 6.07) is 16.7. The second kappa shape index (κ2) is 7.92. The highest BCUT2D eigenvalue weighted by Crippen LogP contribution is 2.36. The van der Waals surface area contributed by atoms with E-state index in [0.717, 1.165) is 10.2 Å². The maximum Gasteiger partial charge on any atom is 0.354 e. The average molecular weight is 414 g/mol. The first kappa shape index (κ1) is 17.8. The fraction of sp³-hybridized carbons (Fsp3) is 0.111. The Balaban J connectivity index is 2.06. The molecule has 132 valence electrons. The van der Waals surface area contributed by atoms with Gasteiger partial charge in [0.05, 0.1) is 4.92 Å². The molecule has 1 heterocycles. The highest BCUT2D eigenvalue weighted by Gasteiger charge is 2.27. The van der Waals surface area contributed by atoms with Crippen LogP contribution >= 0.6 is 15.9 Å². The molecule has 1 N–H and O–H groups in total. The summed E-state index contributed by atoms with van der Waals surface area (Å²) in [7, 11) is 0. The summed E-state index contributed by atoms with van der Waals surface area (Å²) in [5.41, 5.74) is 1.36. The molecule has 2 aromatic carbocycles. The predicted octanol–water partition coefficient (Wildman–Crippen LogP) is 5.05. The standard InChI is InChI=1S/C18H16BrN5O2/c1-2-23(15-6-4-3-5-7-15)18-16(24(25)26)17(20-12-21-18)22-14-10-8-13(19)9-11-14/h3-12H,2H2,1H3,(H,20,21,22). The molecule has 0 amide bonds. The average Bonchev–Trinajstić information content (AvgIpc) is 2.65. The quantitative estimate of drug-likeness (QED) is 0.449. The van der Waals surface area contributed by atoms with Gasteiger partial charge in [-0.3, -0.25) is 10.1 Å². The molecular formula is C18H16BrN5O2. The van der Waals surface area contributed by atoms with Gasteiger partial charge in [-0.05, 0) is 43.3 Å². The van der Waals surface area contributed by atoms with Crippen LogP contribution in [0.1, 0.15) is 6.92 Å². The first-order valence-corrected chi connectivity index (χ1v) is 8.74. The Morgan fingerprint density at radius 3 is 2.42 bits per heavy atom. The SMILES string of the molecule is CCN(c1ccccc1)c1ncnc(Nc2ccc(Br)cc2)c1[N+](=O)[O-]. The van der Waals surface area contributed by atoms with Crippen LogP contribution in [0.25, 0.3) is 0 Å². The number of hydrogen-bond donors (Lipinski definition) is 1. The molecule has 0 saturated heterocycles. The molecule has 0 fully saturated rings. The van der Waals surface area contributed by atoms with E-state index in [2.05, 4.69) is 31.2 Å². The van der Waals surface area contributed by atoms with E-state index in [1.807, 2.05) is 61.5 Å². The molecule has 8 heteroatoms. The zero-order valence-electron chi connectivity index (χ0n) is 14.0. The smallest absolute Gasteiger partial charge is 0.334 e. The summed E-state index contributed by atoms with van der Waals surface area (Å²) in [6.07, 6.45) is 1.33.